The van der Waals surface area contributed by atoms with Crippen LogP contribution in [-0.2, 0) is 12.0 Å². The molecule has 6 heteroatoms. The zero-order valence-electron chi connectivity index (χ0n) is 16.3. The fraction of sp³-hybridized carbons (Fsp3) is 0.714. The molecule has 3 atom stereocenters. The summed E-state index contributed by atoms with van der Waals surface area (Å²) in [5, 5.41) is 32.4. The van der Waals surface area contributed by atoms with Crippen molar-refractivity contribution >= 4 is 0 Å². The predicted molar refractivity (Wildman–Crippen MR) is 98.6 cm³/mol. The van der Waals surface area contributed by atoms with Crippen molar-refractivity contribution in [2.45, 2.75) is 77.5 Å². The highest BCUT2D eigenvalue weighted by Gasteiger charge is 2.54. The van der Waals surface area contributed by atoms with Crippen LogP contribution >= 0.6 is 0 Å². The van der Waals surface area contributed by atoms with E-state index >= 15 is 0 Å². The van der Waals surface area contributed by atoms with E-state index in [-0.39, 0.29) is 35.8 Å². The minimum absolute atomic E-state index is 0.0503. The number of aliphatic hydroxyl groups is 1. The molecule has 1 saturated carbocycles. The number of hydrogen-bond donors (Lipinski definition) is 3. The fourth-order valence-corrected chi connectivity index (χ4v) is 4.54. The topological polar surface area (TPSA) is 60.7 Å². The Morgan fingerprint density at radius 2 is 1.70 bits per heavy atom. The smallest absolute Gasteiger partial charge is 0.391 e. The number of aryl methyl sites for hydroxylation is 1. The lowest BCUT2D eigenvalue weighted by Crippen LogP contribution is -2.46. The molecule has 3 N–H and O–H groups in total. The third-order valence-electron chi connectivity index (χ3n) is 5.92. The average Bonchev–Trinajstić information content (AvgIpc) is 2.52. The molecule has 154 valence electrons. The summed E-state index contributed by atoms with van der Waals surface area (Å²) in [6, 6.07) is 2.94. The van der Waals surface area contributed by atoms with Gasteiger partial charge in [0.2, 0.25) is 0 Å². The summed E-state index contributed by atoms with van der Waals surface area (Å²) < 4.78 is 40.0. The van der Waals surface area contributed by atoms with E-state index in [1.807, 2.05) is 13.8 Å². The van der Waals surface area contributed by atoms with Gasteiger partial charge in [-0.15, -0.1) is 0 Å². The van der Waals surface area contributed by atoms with Crippen LogP contribution in [0, 0.1) is 17.8 Å². The molecule has 0 bridgehead atoms. The molecule has 2 rings (SSSR count). The Hall–Kier alpha value is -1.43. The largest absolute Gasteiger partial charge is 0.507 e. The van der Waals surface area contributed by atoms with Crippen LogP contribution in [0.4, 0.5) is 13.2 Å². The first-order chi connectivity index (χ1) is 12.5. The average molecular weight is 388 g/mol. The molecular weight excluding hydrogens is 357 g/mol. The zero-order valence-corrected chi connectivity index (χ0v) is 16.3. The molecule has 0 radical (unpaired) electrons. The number of rotatable bonds is 6. The van der Waals surface area contributed by atoms with E-state index in [0.717, 1.165) is 24.8 Å². The molecule has 27 heavy (non-hydrogen) atoms. The first kappa shape index (κ1) is 21.9. The van der Waals surface area contributed by atoms with Crippen molar-refractivity contribution in [2.24, 2.45) is 17.8 Å². The highest BCUT2D eigenvalue weighted by molar-refractivity contribution is 5.50. The van der Waals surface area contributed by atoms with Crippen LogP contribution in [0.25, 0.3) is 0 Å². The molecule has 0 saturated heterocycles. The highest BCUT2D eigenvalue weighted by atomic mass is 19.4. The first-order valence-electron chi connectivity index (χ1n) is 9.85. The number of phenolic OH excluding ortho intramolecular Hbond substituents is 2. The van der Waals surface area contributed by atoms with E-state index in [1.165, 1.54) is 12.1 Å². The number of unbranched alkanes of at least 4 members (excludes halogenated alkanes) is 2. The van der Waals surface area contributed by atoms with Gasteiger partial charge in [0.1, 0.15) is 17.1 Å². The van der Waals surface area contributed by atoms with Crippen molar-refractivity contribution in [1.82, 2.24) is 0 Å². The van der Waals surface area contributed by atoms with E-state index in [2.05, 4.69) is 6.92 Å². The molecular formula is C21H31F3O3. The molecule has 0 aliphatic heterocycles. The Morgan fingerprint density at radius 3 is 2.19 bits per heavy atom. The Bertz CT molecular complexity index is 619. The predicted octanol–water partition coefficient (Wildman–Crippen LogP) is 5.65. The van der Waals surface area contributed by atoms with Crippen molar-refractivity contribution in [3.8, 4) is 11.5 Å². The summed E-state index contributed by atoms with van der Waals surface area (Å²) in [6.45, 7) is 5.76. The van der Waals surface area contributed by atoms with Gasteiger partial charge in [-0.1, -0.05) is 33.6 Å². The van der Waals surface area contributed by atoms with Crippen molar-refractivity contribution in [3.05, 3.63) is 23.3 Å². The summed E-state index contributed by atoms with van der Waals surface area (Å²) in [7, 11) is 0. The molecule has 3 nitrogen and oxygen atoms in total. The molecule has 1 aromatic rings. The monoisotopic (exact) mass is 388 g/mol. The van der Waals surface area contributed by atoms with Gasteiger partial charge in [-0.05, 0) is 61.6 Å². The molecule has 3 unspecified atom stereocenters. The highest BCUT2D eigenvalue weighted by Crippen LogP contribution is 2.55. The number of hydrogen-bond acceptors (Lipinski definition) is 3. The van der Waals surface area contributed by atoms with Gasteiger partial charge >= 0.3 is 6.18 Å². The number of halogens is 3. The molecule has 1 aliphatic rings. The Balaban J connectivity index is 2.43. The van der Waals surface area contributed by atoms with Crippen molar-refractivity contribution in [1.29, 1.82) is 0 Å². The van der Waals surface area contributed by atoms with Gasteiger partial charge in [-0.25, -0.2) is 0 Å². The van der Waals surface area contributed by atoms with Crippen LogP contribution in [0.5, 0.6) is 11.5 Å². The maximum atomic E-state index is 13.3. The molecule has 0 heterocycles. The van der Waals surface area contributed by atoms with Gasteiger partial charge in [-0.3, -0.25) is 0 Å². The minimum atomic E-state index is -4.42. The maximum absolute atomic E-state index is 13.3. The second-order valence-corrected chi connectivity index (χ2v) is 8.26. The zero-order chi connectivity index (χ0) is 20.4. The van der Waals surface area contributed by atoms with E-state index in [0.29, 0.717) is 6.42 Å². The summed E-state index contributed by atoms with van der Waals surface area (Å²) in [6.07, 6.45) is -1.23. The second-order valence-electron chi connectivity index (χ2n) is 8.26. The Kier molecular flexibility index (Phi) is 6.72. The minimum Gasteiger partial charge on any atom is -0.507 e. The molecule has 1 fully saturated rings. The first-order valence-corrected chi connectivity index (χ1v) is 9.85. The van der Waals surface area contributed by atoms with Crippen LogP contribution in [-0.4, -0.2) is 21.5 Å². The number of benzene rings is 1. The van der Waals surface area contributed by atoms with Gasteiger partial charge < -0.3 is 15.3 Å². The van der Waals surface area contributed by atoms with E-state index < -0.39 is 30.0 Å². The van der Waals surface area contributed by atoms with Crippen LogP contribution < -0.4 is 0 Å². The maximum Gasteiger partial charge on any atom is 0.391 e. The Labute approximate surface area is 159 Å². The summed E-state index contributed by atoms with van der Waals surface area (Å²) in [5.41, 5.74) is -1.35. The second kappa shape index (κ2) is 8.29. The van der Waals surface area contributed by atoms with Crippen LogP contribution in [0.1, 0.15) is 70.4 Å². The summed E-state index contributed by atoms with van der Waals surface area (Å²) >= 11 is 0. The van der Waals surface area contributed by atoms with Crippen molar-refractivity contribution in [2.75, 3.05) is 0 Å². The van der Waals surface area contributed by atoms with E-state index in [9.17, 15) is 28.5 Å². The van der Waals surface area contributed by atoms with E-state index in [4.69, 9.17) is 0 Å². The Morgan fingerprint density at radius 1 is 1.11 bits per heavy atom. The summed E-state index contributed by atoms with van der Waals surface area (Å²) in [4.78, 5) is 0. The van der Waals surface area contributed by atoms with Crippen molar-refractivity contribution in [3.63, 3.8) is 0 Å². The van der Waals surface area contributed by atoms with Gasteiger partial charge in [0.05, 0.1) is 11.5 Å². The van der Waals surface area contributed by atoms with Crippen LogP contribution in [0.15, 0.2) is 12.1 Å². The van der Waals surface area contributed by atoms with Gasteiger partial charge in [0, 0.05) is 0 Å². The lowest BCUT2D eigenvalue weighted by molar-refractivity contribution is -0.215. The lowest BCUT2D eigenvalue weighted by atomic mass is 9.63. The lowest BCUT2D eigenvalue weighted by Gasteiger charge is -2.46. The van der Waals surface area contributed by atoms with E-state index in [1.54, 1.807) is 0 Å². The molecule has 1 aliphatic carbocycles. The normalized spacial score (nSPS) is 26.5. The van der Waals surface area contributed by atoms with Crippen molar-refractivity contribution < 1.29 is 28.5 Å². The van der Waals surface area contributed by atoms with Gasteiger partial charge in [0.15, 0.2) is 0 Å². The number of aromatic hydroxyl groups is 2. The van der Waals surface area contributed by atoms with Gasteiger partial charge in [-0.2, -0.15) is 13.2 Å². The fourth-order valence-electron chi connectivity index (χ4n) is 4.54. The quantitative estimate of drug-likeness (QED) is 0.552. The SMILES string of the molecule is CCCCCc1cc(O)c(C2(O)CC(C(F)(F)F)CCC2C(C)C)c(O)c1. The van der Waals surface area contributed by atoms with Crippen LogP contribution in [0.2, 0.25) is 0 Å². The third kappa shape index (κ3) is 4.71. The molecule has 0 spiro atoms. The van der Waals surface area contributed by atoms with Crippen LogP contribution in [0.3, 0.4) is 0 Å². The van der Waals surface area contributed by atoms with Gasteiger partial charge in [0.25, 0.3) is 0 Å². The standard InChI is InChI=1S/C21H31F3O3/c1-4-5-6-7-14-10-17(25)19(18(26)11-14)20(27)12-15(21(22,23)24)8-9-16(20)13(2)3/h10-11,13,15-16,25-27H,4-9,12H2,1-3H3. The third-order valence-corrected chi connectivity index (χ3v) is 5.92. The summed E-state index contributed by atoms with van der Waals surface area (Å²) in [5.74, 6) is -2.86. The molecule has 0 amide bonds. The number of alkyl halides is 3. The molecule has 0 aromatic heterocycles. The molecule has 1 aromatic carbocycles. The number of phenols is 2.